The fourth-order valence-corrected chi connectivity index (χ4v) is 3.72. The number of nitrogens with two attached hydrogens (primary N) is 1. The molecule has 1 aliphatic rings. The van der Waals surface area contributed by atoms with Crippen LogP contribution in [0.5, 0.6) is 0 Å². The van der Waals surface area contributed by atoms with Gasteiger partial charge in [0.1, 0.15) is 5.69 Å². The molecule has 0 bridgehead atoms. The second kappa shape index (κ2) is 8.90. The number of nitrogen functional groups attached to an aromatic ring is 1. The Bertz CT molecular complexity index is 1200. The molecule has 7 heteroatoms. The zero-order valence-electron chi connectivity index (χ0n) is 17.9. The Morgan fingerprint density at radius 3 is 2.53 bits per heavy atom. The van der Waals surface area contributed by atoms with Crippen LogP contribution in [-0.4, -0.2) is 34.4 Å². The number of aryl methyl sites for hydroxylation is 1. The molecule has 1 aliphatic heterocycles. The fourth-order valence-electron chi connectivity index (χ4n) is 3.72. The summed E-state index contributed by atoms with van der Waals surface area (Å²) in [5.41, 5.74) is 12.4. The van der Waals surface area contributed by atoms with E-state index < -0.39 is 0 Å². The van der Waals surface area contributed by atoms with Crippen molar-refractivity contribution in [3.05, 3.63) is 71.9 Å². The summed E-state index contributed by atoms with van der Waals surface area (Å²) in [6.45, 7) is 4.49. The molecule has 0 saturated carbocycles. The summed E-state index contributed by atoms with van der Waals surface area (Å²) in [5.74, 6) is 0.798. The van der Waals surface area contributed by atoms with Crippen LogP contribution in [0.1, 0.15) is 17.5 Å². The van der Waals surface area contributed by atoms with Gasteiger partial charge in [-0.05, 0) is 18.9 Å². The highest BCUT2D eigenvalue weighted by Gasteiger charge is 2.16. The molecule has 5 rings (SSSR count). The molecule has 7 nitrogen and oxygen atoms in total. The van der Waals surface area contributed by atoms with Gasteiger partial charge in [0.2, 0.25) is 0 Å². The molecule has 0 spiro atoms. The minimum absolute atomic E-state index is 0.306. The molecule has 1 unspecified atom stereocenters. The van der Waals surface area contributed by atoms with Gasteiger partial charge in [-0.2, -0.15) is 0 Å². The standard InChI is InChI=1S/C25H25N5O2/c1-16-2-6-19(7-3-16)22-14-28-25(26)24(29-22)23-12-21(30-32-23)18-8-4-17(5-9-18)13-27-20-10-11-31-15-20/h2-9,12,14,20,27H,10-11,13,15H2,1H3,(H2,26,28). The molecule has 1 fully saturated rings. The highest BCUT2D eigenvalue weighted by atomic mass is 16.5. The quantitative estimate of drug-likeness (QED) is 0.475. The number of ether oxygens (including phenoxy) is 1. The van der Waals surface area contributed by atoms with E-state index >= 15 is 0 Å². The van der Waals surface area contributed by atoms with Crippen molar-refractivity contribution in [3.63, 3.8) is 0 Å². The lowest BCUT2D eigenvalue weighted by molar-refractivity contribution is 0.190. The molecule has 0 aliphatic carbocycles. The number of anilines is 1. The minimum atomic E-state index is 0.306. The second-order valence-electron chi connectivity index (χ2n) is 8.07. The lowest BCUT2D eigenvalue weighted by atomic mass is 10.1. The molecule has 1 saturated heterocycles. The van der Waals surface area contributed by atoms with Gasteiger partial charge in [-0.25, -0.2) is 9.97 Å². The molecule has 0 radical (unpaired) electrons. The molecule has 0 amide bonds. The molecule has 32 heavy (non-hydrogen) atoms. The van der Waals surface area contributed by atoms with Crippen LogP contribution < -0.4 is 11.1 Å². The van der Waals surface area contributed by atoms with Crippen LogP contribution in [0.2, 0.25) is 0 Å². The lowest BCUT2D eigenvalue weighted by Crippen LogP contribution is -2.28. The summed E-state index contributed by atoms with van der Waals surface area (Å²) in [5, 5.41) is 7.75. The third-order valence-electron chi connectivity index (χ3n) is 5.67. The van der Waals surface area contributed by atoms with Gasteiger partial charge in [0, 0.05) is 36.4 Å². The van der Waals surface area contributed by atoms with E-state index in [4.69, 9.17) is 15.0 Å². The summed E-state index contributed by atoms with van der Waals surface area (Å²) < 4.78 is 11.0. The number of aromatic nitrogens is 3. The van der Waals surface area contributed by atoms with Gasteiger partial charge in [-0.3, -0.25) is 0 Å². The van der Waals surface area contributed by atoms with Crippen LogP contribution in [-0.2, 0) is 11.3 Å². The summed E-state index contributed by atoms with van der Waals surface area (Å²) in [6, 6.07) is 18.7. The van der Waals surface area contributed by atoms with Gasteiger partial charge in [-0.15, -0.1) is 0 Å². The van der Waals surface area contributed by atoms with E-state index in [1.165, 1.54) is 11.1 Å². The lowest BCUT2D eigenvalue weighted by Gasteiger charge is -2.10. The zero-order chi connectivity index (χ0) is 21.9. The topological polar surface area (TPSA) is 99.1 Å². The normalized spacial score (nSPS) is 15.8. The van der Waals surface area contributed by atoms with Crippen LogP contribution in [0.25, 0.3) is 34.0 Å². The van der Waals surface area contributed by atoms with Crippen molar-refractivity contribution in [2.24, 2.45) is 0 Å². The van der Waals surface area contributed by atoms with E-state index in [1.54, 1.807) is 6.20 Å². The van der Waals surface area contributed by atoms with E-state index in [9.17, 15) is 0 Å². The first-order chi connectivity index (χ1) is 15.7. The number of hydrogen-bond acceptors (Lipinski definition) is 7. The Hall–Kier alpha value is -3.55. The molecule has 162 valence electrons. The predicted molar refractivity (Wildman–Crippen MR) is 124 cm³/mol. The van der Waals surface area contributed by atoms with Crippen molar-refractivity contribution in [2.75, 3.05) is 18.9 Å². The second-order valence-corrected chi connectivity index (χ2v) is 8.07. The van der Waals surface area contributed by atoms with Crippen LogP contribution in [0.3, 0.4) is 0 Å². The van der Waals surface area contributed by atoms with Crippen molar-refractivity contribution in [1.29, 1.82) is 0 Å². The maximum atomic E-state index is 6.10. The fraction of sp³-hybridized carbons (Fsp3) is 0.240. The number of nitrogens with one attached hydrogen (secondary N) is 1. The monoisotopic (exact) mass is 427 g/mol. The number of hydrogen-bond donors (Lipinski definition) is 2. The highest BCUT2D eigenvalue weighted by molar-refractivity contribution is 5.73. The van der Waals surface area contributed by atoms with E-state index in [2.05, 4.69) is 32.6 Å². The number of benzene rings is 2. The van der Waals surface area contributed by atoms with Crippen LogP contribution >= 0.6 is 0 Å². The van der Waals surface area contributed by atoms with Crippen molar-refractivity contribution < 1.29 is 9.26 Å². The molecule has 3 heterocycles. The first kappa shape index (κ1) is 20.4. The third-order valence-corrected chi connectivity index (χ3v) is 5.67. The Morgan fingerprint density at radius 1 is 1.03 bits per heavy atom. The molecular formula is C25H25N5O2. The Kier molecular flexibility index (Phi) is 5.66. The van der Waals surface area contributed by atoms with Crippen LogP contribution in [0.15, 0.2) is 65.3 Å². The Labute approximate surface area is 186 Å². The number of nitrogens with zero attached hydrogens (tertiary/aromatic N) is 3. The van der Waals surface area contributed by atoms with Crippen LogP contribution in [0.4, 0.5) is 5.82 Å². The van der Waals surface area contributed by atoms with Gasteiger partial charge < -0.3 is 20.3 Å². The minimum Gasteiger partial charge on any atom is -0.382 e. The first-order valence-corrected chi connectivity index (χ1v) is 10.7. The Balaban J connectivity index is 1.34. The summed E-state index contributed by atoms with van der Waals surface area (Å²) >= 11 is 0. The van der Waals surface area contributed by atoms with Gasteiger partial charge in [0.25, 0.3) is 0 Å². The SMILES string of the molecule is Cc1ccc(-c2cnc(N)c(-c3cc(-c4ccc(CNC5CCOC5)cc4)no3)n2)cc1. The zero-order valence-corrected chi connectivity index (χ0v) is 17.9. The van der Waals surface area contributed by atoms with Crippen molar-refractivity contribution in [1.82, 2.24) is 20.4 Å². The van der Waals surface area contributed by atoms with E-state index in [0.717, 1.165) is 48.7 Å². The Morgan fingerprint density at radius 2 is 1.78 bits per heavy atom. The predicted octanol–water partition coefficient (Wildman–Crippen LogP) is 4.23. The van der Waals surface area contributed by atoms with E-state index in [1.807, 2.05) is 49.4 Å². The van der Waals surface area contributed by atoms with Crippen molar-refractivity contribution in [3.8, 4) is 34.0 Å². The van der Waals surface area contributed by atoms with Crippen molar-refractivity contribution >= 4 is 5.82 Å². The molecular weight excluding hydrogens is 402 g/mol. The molecule has 4 aromatic rings. The molecule has 2 aromatic heterocycles. The summed E-state index contributed by atoms with van der Waals surface area (Å²) in [6.07, 6.45) is 2.74. The smallest absolute Gasteiger partial charge is 0.189 e. The van der Waals surface area contributed by atoms with Crippen LogP contribution in [0, 0.1) is 6.92 Å². The van der Waals surface area contributed by atoms with E-state index in [-0.39, 0.29) is 0 Å². The summed E-state index contributed by atoms with van der Waals surface area (Å²) in [7, 11) is 0. The van der Waals surface area contributed by atoms with Gasteiger partial charge >= 0.3 is 0 Å². The van der Waals surface area contributed by atoms with Crippen molar-refractivity contribution in [2.45, 2.75) is 25.9 Å². The van der Waals surface area contributed by atoms with Gasteiger partial charge in [-0.1, -0.05) is 59.3 Å². The number of rotatable bonds is 6. The van der Waals surface area contributed by atoms with E-state index in [0.29, 0.717) is 23.3 Å². The summed E-state index contributed by atoms with van der Waals surface area (Å²) in [4.78, 5) is 9.00. The largest absolute Gasteiger partial charge is 0.382 e. The maximum absolute atomic E-state index is 6.10. The maximum Gasteiger partial charge on any atom is 0.189 e. The first-order valence-electron chi connectivity index (χ1n) is 10.7. The van der Waals surface area contributed by atoms with Gasteiger partial charge in [0.05, 0.1) is 18.5 Å². The molecule has 2 aromatic carbocycles. The average Bonchev–Trinajstić information content (AvgIpc) is 3.52. The molecule has 1 atom stereocenters. The van der Waals surface area contributed by atoms with Gasteiger partial charge in [0.15, 0.2) is 17.3 Å². The highest BCUT2D eigenvalue weighted by Crippen LogP contribution is 2.29. The molecule has 3 N–H and O–H groups in total. The average molecular weight is 428 g/mol. The third kappa shape index (κ3) is 4.39.